The van der Waals surface area contributed by atoms with E-state index in [2.05, 4.69) is 20.3 Å². The van der Waals surface area contributed by atoms with Gasteiger partial charge in [0.05, 0.1) is 18.8 Å². The van der Waals surface area contributed by atoms with E-state index in [1.165, 1.54) is 55.7 Å². The highest BCUT2D eigenvalue weighted by Crippen LogP contribution is 2.44. The smallest absolute Gasteiger partial charge is 0.327 e. The molecule has 1 aliphatic carbocycles. The molecular formula is C13H20N4O3S. The summed E-state index contributed by atoms with van der Waals surface area (Å²) in [5.74, 6) is 0.467. The van der Waals surface area contributed by atoms with E-state index in [1.54, 1.807) is 0 Å². The molecule has 0 N–H and O–H groups in total. The van der Waals surface area contributed by atoms with Gasteiger partial charge in [0.15, 0.2) is 0 Å². The minimum absolute atomic E-state index is 0.0430. The highest BCUT2D eigenvalue weighted by Gasteiger charge is 2.42. The number of nitrogens with zero attached hydrogens (tertiary/aromatic N) is 4. The molecule has 1 saturated carbocycles. The monoisotopic (exact) mass is 312 g/mol. The van der Waals surface area contributed by atoms with E-state index >= 15 is 0 Å². The van der Waals surface area contributed by atoms with Crippen molar-refractivity contribution in [3.8, 4) is 0 Å². The molecule has 1 aromatic heterocycles. The van der Waals surface area contributed by atoms with E-state index in [0.29, 0.717) is 5.16 Å². The van der Waals surface area contributed by atoms with E-state index in [-0.39, 0.29) is 24.2 Å². The molecule has 1 saturated heterocycles. The normalized spacial score (nSPS) is 23.8. The largest absolute Gasteiger partial charge is 0.468 e. The van der Waals surface area contributed by atoms with Crippen LogP contribution in [0, 0.1) is 0 Å². The van der Waals surface area contributed by atoms with E-state index in [1.807, 2.05) is 0 Å². The Kier molecular flexibility index (Phi) is 4.44. The quantitative estimate of drug-likeness (QED) is 0.601. The number of carbonyl (C=O) groups is 1. The maximum Gasteiger partial charge on any atom is 0.327 e. The number of methoxy groups -OCH3 is 1. The predicted octanol–water partition coefficient (Wildman–Crippen LogP) is 1.43. The molecule has 21 heavy (non-hydrogen) atoms. The minimum atomic E-state index is -0.355. The maximum absolute atomic E-state index is 11.3. The molecule has 0 bridgehead atoms. The van der Waals surface area contributed by atoms with Crippen LogP contribution in [0.25, 0.3) is 0 Å². The lowest BCUT2D eigenvalue weighted by atomic mass is 9.98. The summed E-state index contributed by atoms with van der Waals surface area (Å²) in [6, 6.07) is 0. The first-order valence-corrected chi connectivity index (χ1v) is 8.33. The summed E-state index contributed by atoms with van der Waals surface area (Å²) in [6.07, 6.45) is 7.52. The van der Waals surface area contributed by atoms with E-state index in [9.17, 15) is 4.79 Å². The summed E-state index contributed by atoms with van der Waals surface area (Å²) < 4.78 is 12.4. The van der Waals surface area contributed by atoms with Crippen molar-refractivity contribution in [1.29, 1.82) is 0 Å². The average molecular weight is 312 g/mol. The third-order valence-corrected chi connectivity index (χ3v) is 5.35. The van der Waals surface area contributed by atoms with Crippen molar-refractivity contribution in [3.05, 3.63) is 0 Å². The van der Waals surface area contributed by atoms with Gasteiger partial charge in [0, 0.05) is 5.75 Å². The number of carbonyl (C=O) groups excluding carboxylic acids is 1. The first kappa shape index (κ1) is 14.8. The molecule has 1 aromatic rings. The fourth-order valence-electron chi connectivity index (χ4n) is 3.15. The second-order valence-electron chi connectivity index (χ2n) is 5.67. The van der Waals surface area contributed by atoms with Crippen molar-refractivity contribution in [2.24, 2.45) is 0 Å². The SMILES string of the molecule is COC(=O)Cn1nnnc1SCC1CCC2(CCCC2)O1. The number of esters is 1. The second kappa shape index (κ2) is 6.31. The van der Waals surface area contributed by atoms with Crippen LogP contribution in [0.3, 0.4) is 0 Å². The molecule has 7 nitrogen and oxygen atoms in total. The summed E-state index contributed by atoms with van der Waals surface area (Å²) in [6.45, 7) is 0.0430. The van der Waals surface area contributed by atoms with Gasteiger partial charge in [0.25, 0.3) is 0 Å². The van der Waals surface area contributed by atoms with Gasteiger partial charge in [-0.05, 0) is 36.1 Å². The fourth-order valence-corrected chi connectivity index (χ4v) is 4.07. The number of tetrazole rings is 1. The van der Waals surface area contributed by atoms with Gasteiger partial charge < -0.3 is 9.47 Å². The van der Waals surface area contributed by atoms with Crippen LogP contribution in [0.5, 0.6) is 0 Å². The summed E-state index contributed by atoms with van der Waals surface area (Å²) in [5.41, 5.74) is 0.156. The summed E-state index contributed by atoms with van der Waals surface area (Å²) in [4.78, 5) is 11.3. The molecule has 1 unspecified atom stereocenters. The Morgan fingerprint density at radius 2 is 2.29 bits per heavy atom. The first-order chi connectivity index (χ1) is 10.2. The molecule has 3 rings (SSSR count). The van der Waals surface area contributed by atoms with Crippen LogP contribution in [0.4, 0.5) is 0 Å². The van der Waals surface area contributed by atoms with Gasteiger partial charge in [-0.1, -0.05) is 24.6 Å². The molecule has 2 aliphatic rings. The standard InChI is InChI=1S/C13H20N4O3S/c1-19-11(18)8-17-12(14-15-16-17)21-9-10-4-7-13(20-10)5-2-3-6-13/h10H,2-9H2,1H3. The Labute approximate surface area is 127 Å². The van der Waals surface area contributed by atoms with Crippen molar-refractivity contribution in [1.82, 2.24) is 20.2 Å². The predicted molar refractivity (Wildman–Crippen MR) is 75.9 cm³/mol. The average Bonchev–Trinajstić information content (AvgIpc) is 3.20. The molecule has 0 amide bonds. The van der Waals surface area contributed by atoms with Crippen molar-refractivity contribution in [3.63, 3.8) is 0 Å². The number of thioether (sulfide) groups is 1. The maximum atomic E-state index is 11.3. The Bertz CT molecular complexity index is 501. The number of rotatable bonds is 5. The van der Waals surface area contributed by atoms with Crippen LogP contribution in [-0.4, -0.2) is 50.7 Å². The molecule has 2 fully saturated rings. The molecule has 0 radical (unpaired) electrons. The van der Waals surface area contributed by atoms with Gasteiger partial charge in [-0.2, -0.15) is 0 Å². The van der Waals surface area contributed by atoms with Crippen LogP contribution in [0.15, 0.2) is 5.16 Å². The topological polar surface area (TPSA) is 79.1 Å². The summed E-state index contributed by atoms with van der Waals surface area (Å²) >= 11 is 1.54. The van der Waals surface area contributed by atoms with Gasteiger partial charge in [-0.25, -0.2) is 4.68 Å². The number of hydrogen-bond acceptors (Lipinski definition) is 7. The van der Waals surface area contributed by atoms with Crippen molar-refractivity contribution >= 4 is 17.7 Å². The Hall–Kier alpha value is -1.15. The number of ether oxygens (including phenoxy) is 2. The van der Waals surface area contributed by atoms with Gasteiger partial charge >= 0.3 is 5.97 Å². The molecule has 1 spiro atoms. The molecular weight excluding hydrogens is 292 g/mol. The van der Waals surface area contributed by atoms with Crippen LogP contribution < -0.4 is 0 Å². The van der Waals surface area contributed by atoms with Crippen molar-refractivity contribution < 1.29 is 14.3 Å². The summed E-state index contributed by atoms with van der Waals surface area (Å²) in [5, 5.41) is 12.0. The van der Waals surface area contributed by atoms with E-state index in [4.69, 9.17) is 4.74 Å². The summed E-state index contributed by atoms with van der Waals surface area (Å²) in [7, 11) is 1.35. The number of aromatic nitrogens is 4. The second-order valence-corrected chi connectivity index (χ2v) is 6.66. The molecule has 1 atom stereocenters. The Balaban J connectivity index is 1.52. The molecule has 2 heterocycles. The molecule has 0 aromatic carbocycles. The molecule has 8 heteroatoms. The van der Waals surface area contributed by atoms with Gasteiger partial charge in [0.1, 0.15) is 6.54 Å². The Morgan fingerprint density at radius 3 is 3.05 bits per heavy atom. The highest BCUT2D eigenvalue weighted by atomic mass is 32.2. The van der Waals surface area contributed by atoms with E-state index in [0.717, 1.165) is 12.2 Å². The van der Waals surface area contributed by atoms with Crippen LogP contribution in [0.2, 0.25) is 0 Å². The van der Waals surface area contributed by atoms with Crippen LogP contribution in [-0.2, 0) is 20.8 Å². The zero-order chi connectivity index (χ0) is 14.7. The van der Waals surface area contributed by atoms with Crippen LogP contribution in [0.1, 0.15) is 38.5 Å². The third kappa shape index (κ3) is 3.37. The van der Waals surface area contributed by atoms with Gasteiger partial charge in [0.2, 0.25) is 5.16 Å². The minimum Gasteiger partial charge on any atom is -0.468 e. The number of hydrogen-bond donors (Lipinski definition) is 0. The lowest BCUT2D eigenvalue weighted by molar-refractivity contribution is -0.141. The van der Waals surface area contributed by atoms with Crippen molar-refractivity contribution in [2.75, 3.05) is 12.9 Å². The first-order valence-electron chi connectivity index (χ1n) is 7.34. The van der Waals surface area contributed by atoms with Crippen LogP contribution >= 0.6 is 11.8 Å². The highest BCUT2D eigenvalue weighted by molar-refractivity contribution is 7.99. The fraction of sp³-hybridized carbons (Fsp3) is 0.846. The third-order valence-electron chi connectivity index (χ3n) is 4.26. The van der Waals surface area contributed by atoms with Gasteiger partial charge in [-0.3, -0.25) is 4.79 Å². The molecule has 1 aliphatic heterocycles. The zero-order valence-corrected chi connectivity index (χ0v) is 13.0. The molecule has 116 valence electrons. The Morgan fingerprint density at radius 1 is 1.48 bits per heavy atom. The lowest BCUT2D eigenvalue weighted by Gasteiger charge is -2.23. The van der Waals surface area contributed by atoms with Crippen molar-refractivity contribution in [2.45, 2.75) is 61.9 Å². The lowest BCUT2D eigenvalue weighted by Crippen LogP contribution is -2.25. The van der Waals surface area contributed by atoms with Gasteiger partial charge in [-0.15, -0.1) is 5.10 Å². The zero-order valence-electron chi connectivity index (χ0n) is 12.2. The van der Waals surface area contributed by atoms with E-state index < -0.39 is 0 Å².